The van der Waals surface area contributed by atoms with Crippen LogP contribution in [0.25, 0.3) is 5.57 Å². The van der Waals surface area contributed by atoms with Gasteiger partial charge in [-0.1, -0.05) is 56.3 Å². The van der Waals surface area contributed by atoms with Crippen molar-refractivity contribution in [3.63, 3.8) is 0 Å². The van der Waals surface area contributed by atoms with Crippen LogP contribution in [0, 0.1) is 5.41 Å². The summed E-state index contributed by atoms with van der Waals surface area (Å²) in [5.74, 6) is 0. The van der Waals surface area contributed by atoms with E-state index in [1.54, 1.807) is 0 Å². The zero-order valence-corrected chi connectivity index (χ0v) is 11.6. The van der Waals surface area contributed by atoms with Crippen LogP contribution in [0.2, 0.25) is 0 Å². The van der Waals surface area contributed by atoms with Crippen LogP contribution >= 0.6 is 12.2 Å². The lowest BCUT2D eigenvalue weighted by molar-refractivity contribution is 0.321. The molecule has 1 nitrogen and oxygen atoms in total. The largest absolute Gasteiger partial charge is 0.349 e. The second-order valence-corrected chi connectivity index (χ2v) is 5.75. The van der Waals surface area contributed by atoms with Crippen molar-refractivity contribution in [2.45, 2.75) is 39.0 Å². The van der Waals surface area contributed by atoms with Crippen LogP contribution < -0.4 is 5.32 Å². The van der Waals surface area contributed by atoms with Gasteiger partial charge in [-0.25, -0.2) is 0 Å². The van der Waals surface area contributed by atoms with Gasteiger partial charge in [-0.15, -0.1) is 0 Å². The molecule has 1 spiro atoms. The van der Waals surface area contributed by atoms with E-state index in [2.05, 4.69) is 42.6 Å². The smallest absolute Gasteiger partial charge is 0.0904 e. The second kappa shape index (κ2) is 4.51. The highest BCUT2D eigenvalue weighted by molar-refractivity contribution is 7.80. The molecule has 1 aromatic rings. The van der Waals surface area contributed by atoms with Gasteiger partial charge in [0.2, 0.25) is 0 Å². The molecule has 0 atom stereocenters. The lowest BCUT2D eigenvalue weighted by Gasteiger charge is -2.48. The molecule has 0 radical (unpaired) electrons. The molecule has 0 bridgehead atoms. The highest BCUT2D eigenvalue weighted by Gasteiger charge is 2.47. The number of hydrogen-bond donors (Lipinski definition) is 1. The number of allylic oxidation sites excluding steroid dienone is 1. The number of benzene rings is 1. The molecule has 3 rings (SSSR count). The Balaban J connectivity index is 2.12. The van der Waals surface area contributed by atoms with Crippen molar-refractivity contribution in [2.24, 2.45) is 5.41 Å². The van der Waals surface area contributed by atoms with E-state index < -0.39 is 0 Å². The van der Waals surface area contributed by atoms with Crippen LogP contribution in [0.15, 0.2) is 30.3 Å². The van der Waals surface area contributed by atoms with Crippen LogP contribution in [0.4, 0.5) is 5.69 Å². The SMILES string of the molecule is CCC/C=C1\c2ccccc2NC(=S)C12CCC2. The van der Waals surface area contributed by atoms with Crippen LogP contribution in [0.5, 0.6) is 0 Å². The average molecular weight is 257 g/mol. The molecule has 18 heavy (non-hydrogen) atoms. The maximum absolute atomic E-state index is 5.64. The minimum absolute atomic E-state index is 0.152. The van der Waals surface area contributed by atoms with Gasteiger partial charge in [0.05, 0.1) is 4.99 Å². The molecule has 2 aliphatic rings. The Morgan fingerprint density at radius 3 is 2.78 bits per heavy atom. The molecule has 1 fully saturated rings. The first-order valence-electron chi connectivity index (χ1n) is 6.89. The molecular weight excluding hydrogens is 238 g/mol. The molecular formula is C16H19NS. The van der Waals surface area contributed by atoms with Crippen molar-refractivity contribution in [1.82, 2.24) is 0 Å². The zero-order valence-electron chi connectivity index (χ0n) is 10.8. The third-order valence-electron chi connectivity index (χ3n) is 4.26. The highest BCUT2D eigenvalue weighted by Crippen LogP contribution is 2.55. The average Bonchev–Trinajstić information content (AvgIpc) is 2.33. The maximum Gasteiger partial charge on any atom is 0.0904 e. The summed E-state index contributed by atoms with van der Waals surface area (Å²) in [7, 11) is 0. The van der Waals surface area contributed by atoms with Crippen LogP contribution in [0.3, 0.4) is 0 Å². The molecule has 2 heteroatoms. The Morgan fingerprint density at radius 1 is 1.33 bits per heavy atom. The minimum atomic E-state index is 0.152. The molecule has 1 aliphatic heterocycles. The molecule has 1 saturated carbocycles. The Hall–Kier alpha value is -1.15. The van der Waals surface area contributed by atoms with Gasteiger partial charge in [0.25, 0.3) is 0 Å². The van der Waals surface area contributed by atoms with E-state index in [1.807, 2.05) is 0 Å². The normalized spacial score (nSPS) is 22.5. The van der Waals surface area contributed by atoms with E-state index in [0.29, 0.717) is 0 Å². The summed E-state index contributed by atoms with van der Waals surface area (Å²) in [5.41, 5.74) is 4.18. The van der Waals surface area contributed by atoms with Crippen molar-refractivity contribution in [3.8, 4) is 0 Å². The van der Waals surface area contributed by atoms with E-state index in [1.165, 1.54) is 42.5 Å². The van der Waals surface area contributed by atoms with Gasteiger partial charge in [-0.3, -0.25) is 0 Å². The van der Waals surface area contributed by atoms with Gasteiger partial charge in [0, 0.05) is 16.7 Å². The van der Waals surface area contributed by atoms with E-state index in [9.17, 15) is 0 Å². The molecule has 0 saturated heterocycles. The lowest BCUT2D eigenvalue weighted by Crippen LogP contribution is -2.44. The van der Waals surface area contributed by atoms with E-state index in [-0.39, 0.29) is 5.41 Å². The van der Waals surface area contributed by atoms with Crippen LogP contribution in [0.1, 0.15) is 44.6 Å². The second-order valence-electron chi connectivity index (χ2n) is 5.34. The number of unbranched alkanes of at least 4 members (excludes halogenated alkanes) is 1. The number of rotatable bonds is 2. The molecule has 1 heterocycles. The number of para-hydroxylation sites is 1. The first kappa shape index (κ1) is 11.9. The Bertz CT molecular complexity index is 512. The van der Waals surface area contributed by atoms with Gasteiger partial charge in [0.1, 0.15) is 0 Å². The van der Waals surface area contributed by atoms with Gasteiger partial charge < -0.3 is 5.32 Å². The Kier molecular flexibility index (Phi) is 2.98. The molecule has 0 aromatic heterocycles. The molecule has 1 N–H and O–H groups in total. The van der Waals surface area contributed by atoms with Crippen LogP contribution in [-0.2, 0) is 0 Å². The maximum atomic E-state index is 5.64. The van der Waals surface area contributed by atoms with Crippen molar-refractivity contribution >= 4 is 28.5 Å². The monoisotopic (exact) mass is 257 g/mol. The van der Waals surface area contributed by atoms with Crippen LogP contribution in [-0.4, -0.2) is 4.99 Å². The first-order valence-corrected chi connectivity index (χ1v) is 7.30. The third-order valence-corrected chi connectivity index (χ3v) is 4.75. The predicted molar refractivity (Wildman–Crippen MR) is 81.8 cm³/mol. The number of hydrogen-bond acceptors (Lipinski definition) is 1. The van der Waals surface area contributed by atoms with Gasteiger partial charge in [-0.05, 0) is 30.9 Å². The summed E-state index contributed by atoms with van der Waals surface area (Å²) in [6, 6.07) is 8.56. The fourth-order valence-electron chi connectivity index (χ4n) is 3.07. The minimum Gasteiger partial charge on any atom is -0.349 e. The zero-order chi connectivity index (χ0) is 12.6. The highest BCUT2D eigenvalue weighted by atomic mass is 32.1. The fraction of sp³-hybridized carbons (Fsp3) is 0.438. The van der Waals surface area contributed by atoms with Crippen molar-refractivity contribution < 1.29 is 0 Å². The Labute approximate surface area is 114 Å². The molecule has 1 aliphatic carbocycles. The summed E-state index contributed by atoms with van der Waals surface area (Å²) in [5, 5.41) is 3.45. The summed E-state index contributed by atoms with van der Waals surface area (Å²) < 4.78 is 0. The van der Waals surface area contributed by atoms with Crippen molar-refractivity contribution in [2.75, 3.05) is 5.32 Å². The standard InChI is InChI=1S/C16H19NS/c1-2-3-8-13-12-7-4-5-9-14(12)17-15(18)16(13)10-6-11-16/h4-5,7-9H,2-3,6,10-11H2,1H3,(H,17,18)/b13-8+. The van der Waals surface area contributed by atoms with E-state index in [0.717, 1.165) is 11.4 Å². The Morgan fingerprint density at radius 2 is 2.11 bits per heavy atom. The molecule has 0 amide bonds. The number of fused-ring (bicyclic) bond motifs is 1. The summed E-state index contributed by atoms with van der Waals surface area (Å²) in [6.45, 7) is 2.23. The van der Waals surface area contributed by atoms with Gasteiger partial charge in [-0.2, -0.15) is 0 Å². The molecule has 0 unspecified atom stereocenters. The number of anilines is 1. The van der Waals surface area contributed by atoms with Gasteiger partial charge in [0.15, 0.2) is 0 Å². The lowest BCUT2D eigenvalue weighted by atomic mass is 9.60. The first-order chi connectivity index (χ1) is 8.78. The number of thiocarbonyl (C=S) groups is 1. The quantitative estimate of drug-likeness (QED) is 0.764. The van der Waals surface area contributed by atoms with E-state index >= 15 is 0 Å². The van der Waals surface area contributed by atoms with Gasteiger partial charge >= 0.3 is 0 Å². The fourth-order valence-corrected chi connectivity index (χ4v) is 3.49. The summed E-state index contributed by atoms with van der Waals surface area (Å²) in [6.07, 6.45) is 8.49. The molecule has 1 aromatic carbocycles. The van der Waals surface area contributed by atoms with E-state index in [4.69, 9.17) is 12.2 Å². The molecule has 94 valence electrons. The summed E-state index contributed by atoms with van der Waals surface area (Å²) in [4.78, 5) is 1.04. The van der Waals surface area contributed by atoms with Crippen molar-refractivity contribution in [1.29, 1.82) is 0 Å². The van der Waals surface area contributed by atoms with Crippen molar-refractivity contribution in [3.05, 3.63) is 35.9 Å². The summed E-state index contributed by atoms with van der Waals surface area (Å²) >= 11 is 5.64. The topological polar surface area (TPSA) is 12.0 Å². The number of nitrogens with one attached hydrogen (secondary N) is 1. The third kappa shape index (κ3) is 1.63. The predicted octanol–water partition coefficient (Wildman–Crippen LogP) is 4.79.